The SMILES string of the molecule is CCc1nn(C)c(CC)c1CNC(=NC)NCc1ccc(S(C)(=O)=O)c(C)c1. The van der Waals surface area contributed by atoms with Crippen molar-refractivity contribution in [2.75, 3.05) is 13.3 Å². The predicted octanol–water partition coefficient (Wildman–Crippen LogP) is 2.12. The lowest BCUT2D eigenvalue weighted by atomic mass is 10.1. The van der Waals surface area contributed by atoms with Crippen molar-refractivity contribution in [1.82, 2.24) is 20.4 Å². The molecule has 1 aromatic heterocycles. The number of rotatable bonds is 7. The third-order valence-electron chi connectivity index (χ3n) is 4.78. The van der Waals surface area contributed by atoms with Gasteiger partial charge in [-0.05, 0) is 37.0 Å². The van der Waals surface area contributed by atoms with E-state index in [0.717, 1.165) is 29.7 Å². The maximum atomic E-state index is 11.8. The molecule has 2 rings (SSSR count). The Morgan fingerprint density at radius 3 is 2.39 bits per heavy atom. The van der Waals surface area contributed by atoms with Gasteiger partial charge < -0.3 is 10.6 Å². The van der Waals surface area contributed by atoms with Gasteiger partial charge >= 0.3 is 0 Å². The molecule has 0 saturated carbocycles. The second-order valence-corrected chi connectivity index (χ2v) is 8.84. The van der Waals surface area contributed by atoms with Gasteiger partial charge in [0.2, 0.25) is 0 Å². The summed E-state index contributed by atoms with van der Waals surface area (Å²) >= 11 is 0. The minimum absolute atomic E-state index is 0.370. The fraction of sp³-hybridized carbons (Fsp3) is 0.500. The van der Waals surface area contributed by atoms with E-state index in [9.17, 15) is 8.42 Å². The van der Waals surface area contributed by atoms with Crippen LogP contribution in [0.2, 0.25) is 0 Å². The van der Waals surface area contributed by atoms with Crippen molar-refractivity contribution in [2.24, 2.45) is 12.0 Å². The van der Waals surface area contributed by atoms with Gasteiger partial charge in [0.15, 0.2) is 15.8 Å². The van der Waals surface area contributed by atoms with Crippen molar-refractivity contribution in [2.45, 2.75) is 51.6 Å². The van der Waals surface area contributed by atoms with Crippen LogP contribution in [0.4, 0.5) is 0 Å². The fourth-order valence-electron chi connectivity index (χ4n) is 3.41. The molecule has 2 aromatic rings. The van der Waals surface area contributed by atoms with Gasteiger partial charge in [0.1, 0.15) is 0 Å². The van der Waals surface area contributed by atoms with E-state index in [0.29, 0.717) is 23.9 Å². The lowest BCUT2D eigenvalue weighted by Crippen LogP contribution is -2.36. The average Bonchev–Trinajstić information content (AvgIpc) is 2.95. The Bertz CT molecular complexity index is 961. The molecule has 0 bridgehead atoms. The Kier molecular flexibility index (Phi) is 7.23. The average molecular weight is 406 g/mol. The van der Waals surface area contributed by atoms with Crippen LogP contribution in [-0.4, -0.2) is 37.5 Å². The highest BCUT2D eigenvalue weighted by atomic mass is 32.2. The summed E-state index contributed by atoms with van der Waals surface area (Å²) in [6, 6.07) is 5.38. The molecule has 7 nitrogen and oxygen atoms in total. The number of aryl methyl sites for hydroxylation is 3. The second-order valence-electron chi connectivity index (χ2n) is 6.85. The Labute approximate surface area is 168 Å². The summed E-state index contributed by atoms with van der Waals surface area (Å²) in [5, 5.41) is 11.2. The van der Waals surface area contributed by atoms with E-state index in [2.05, 4.69) is 34.6 Å². The number of sulfone groups is 1. The lowest BCUT2D eigenvalue weighted by molar-refractivity contribution is 0.601. The predicted molar refractivity (Wildman–Crippen MR) is 113 cm³/mol. The number of aromatic nitrogens is 2. The molecule has 0 saturated heterocycles. The zero-order valence-electron chi connectivity index (χ0n) is 17.6. The quantitative estimate of drug-likeness (QED) is 0.544. The van der Waals surface area contributed by atoms with Gasteiger partial charge in [-0.3, -0.25) is 9.67 Å². The Morgan fingerprint density at radius 2 is 1.86 bits per heavy atom. The van der Waals surface area contributed by atoms with Crippen molar-refractivity contribution in [1.29, 1.82) is 0 Å². The number of nitrogens with zero attached hydrogens (tertiary/aromatic N) is 3. The van der Waals surface area contributed by atoms with Crippen LogP contribution >= 0.6 is 0 Å². The van der Waals surface area contributed by atoms with Gasteiger partial charge in [0.05, 0.1) is 10.6 Å². The Balaban J connectivity index is 2.04. The molecule has 0 amide bonds. The largest absolute Gasteiger partial charge is 0.352 e. The molecule has 0 unspecified atom stereocenters. The summed E-state index contributed by atoms with van der Waals surface area (Å²) < 4.78 is 25.5. The van der Waals surface area contributed by atoms with Gasteiger partial charge in [0.25, 0.3) is 0 Å². The maximum Gasteiger partial charge on any atom is 0.191 e. The third-order valence-corrected chi connectivity index (χ3v) is 6.04. The van der Waals surface area contributed by atoms with Gasteiger partial charge in [-0.25, -0.2) is 8.42 Å². The monoisotopic (exact) mass is 405 g/mol. The first-order chi connectivity index (χ1) is 13.2. The zero-order chi connectivity index (χ0) is 20.9. The molecule has 0 atom stereocenters. The highest BCUT2D eigenvalue weighted by Crippen LogP contribution is 2.17. The third kappa shape index (κ3) is 5.13. The highest BCUT2D eigenvalue weighted by Gasteiger charge is 2.14. The Hall–Kier alpha value is -2.35. The van der Waals surface area contributed by atoms with Crippen LogP contribution in [0.3, 0.4) is 0 Å². The maximum absolute atomic E-state index is 11.8. The Morgan fingerprint density at radius 1 is 1.18 bits per heavy atom. The summed E-state index contributed by atoms with van der Waals surface area (Å²) in [6.45, 7) is 7.27. The van der Waals surface area contributed by atoms with Crippen molar-refractivity contribution in [3.63, 3.8) is 0 Å². The van der Waals surface area contributed by atoms with E-state index in [1.165, 1.54) is 17.5 Å². The first-order valence-electron chi connectivity index (χ1n) is 9.48. The number of hydrogen-bond acceptors (Lipinski definition) is 4. The molecule has 0 aliphatic carbocycles. The number of aliphatic imine (C=N–C) groups is 1. The standard InChI is InChI=1S/C20H31N5O2S/c1-7-17-16(18(8-2)25(5)24-17)13-23-20(21-4)22-12-15-9-10-19(14(3)11-15)28(6,26)27/h9-11H,7-8,12-13H2,1-6H3,(H2,21,22,23). The molecule has 0 fully saturated rings. The van der Waals surface area contributed by atoms with Crippen LogP contribution in [-0.2, 0) is 42.8 Å². The first-order valence-corrected chi connectivity index (χ1v) is 11.4. The van der Waals surface area contributed by atoms with Crippen LogP contribution in [0.5, 0.6) is 0 Å². The first kappa shape index (κ1) is 21.9. The van der Waals surface area contributed by atoms with E-state index >= 15 is 0 Å². The summed E-state index contributed by atoms with van der Waals surface area (Å²) in [6.07, 6.45) is 3.05. The molecule has 8 heteroatoms. The molecule has 0 aliphatic heterocycles. The molecular formula is C20H31N5O2S. The van der Waals surface area contributed by atoms with Crippen LogP contribution in [0.15, 0.2) is 28.1 Å². The summed E-state index contributed by atoms with van der Waals surface area (Å²) in [7, 11) is 0.516. The second kappa shape index (κ2) is 9.23. The number of guanidine groups is 1. The van der Waals surface area contributed by atoms with Gasteiger partial charge in [-0.15, -0.1) is 0 Å². The number of hydrogen-bond donors (Lipinski definition) is 2. The molecular weight excluding hydrogens is 374 g/mol. The topological polar surface area (TPSA) is 88.4 Å². The molecule has 28 heavy (non-hydrogen) atoms. The molecule has 0 radical (unpaired) electrons. The van der Waals surface area contributed by atoms with E-state index in [1.807, 2.05) is 30.8 Å². The molecule has 0 spiro atoms. The van der Waals surface area contributed by atoms with Crippen LogP contribution in [0, 0.1) is 6.92 Å². The summed E-state index contributed by atoms with van der Waals surface area (Å²) in [5.74, 6) is 0.692. The fourth-order valence-corrected chi connectivity index (χ4v) is 4.37. The van der Waals surface area contributed by atoms with E-state index in [4.69, 9.17) is 0 Å². The van der Waals surface area contributed by atoms with Gasteiger partial charge in [-0.1, -0.05) is 26.0 Å². The highest BCUT2D eigenvalue weighted by molar-refractivity contribution is 7.90. The van der Waals surface area contributed by atoms with Gasteiger partial charge in [-0.2, -0.15) is 5.10 Å². The van der Waals surface area contributed by atoms with Crippen LogP contribution < -0.4 is 10.6 Å². The van der Waals surface area contributed by atoms with Gasteiger partial charge in [0, 0.05) is 44.7 Å². The van der Waals surface area contributed by atoms with E-state index in [-0.39, 0.29) is 0 Å². The van der Waals surface area contributed by atoms with Crippen LogP contribution in [0.1, 0.15) is 41.9 Å². The lowest BCUT2D eigenvalue weighted by Gasteiger charge is -2.14. The molecule has 0 aliphatic rings. The zero-order valence-corrected chi connectivity index (χ0v) is 18.4. The van der Waals surface area contributed by atoms with Crippen molar-refractivity contribution in [3.8, 4) is 0 Å². The van der Waals surface area contributed by atoms with Crippen LogP contribution in [0.25, 0.3) is 0 Å². The number of nitrogens with one attached hydrogen (secondary N) is 2. The molecule has 1 aromatic carbocycles. The summed E-state index contributed by atoms with van der Waals surface area (Å²) in [5.41, 5.74) is 5.31. The van der Waals surface area contributed by atoms with E-state index in [1.54, 1.807) is 13.1 Å². The normalized spacial score (nSPS) is 12.3. The smallest absolute Gasteiger partial charge is 0.191 e. The molecule has 1 heterocycles. The van der Waals surface area contributed by atoms with Crippen molar-refractivity contribution in [3.05, 3.63) is 46.3 Å². The van der Waals surface area contributed by atoms with Crippen molar-refractivity contribution < 1.29 is 8.42 Å². The minimum Gasteiger partial charge on any atom is -0.352 e. The number of benzene rings is 1. The molecule has 2 N–H and O–H groups in total. The van der Waals surface area contributed by atoms with E-state index < -0.39 is 9.84 Å². The summed E-state index contributed by atoms with van der Waals surface area (Å²) in [4.78, 5) is 4.66. The van der Waals surface area contributed by atoms with Crippen molar-refractivity contribution >= 4 is 15.8 Å². The minimum atomic E-state index is -3.20. The molecule has 154 valence electrons.